The van der Waals surface area contributed by atoms with Gasteiger partial charge in [-0.2, -0.15) is 0 Å². The first-order valence-electron chi connectivity index (χ1n) is 9.49. The molecule has 0 saturated heterocycles. The quantitative estimate of drug-likeness (QED) is 0.233. The fraction of sp³-hybridized carbons (Fsp3) is 0. The van der Waals surface area contributed by atoms with E-state index in [1.807, 2.05) is 30.5 Å². The number of nitrogens with zero attached hydrogens (tertiary/aromatic N) is 1. The van der Waals surface area contributed by atoms with E-state index in [-0.39, 0.29) is 0 Å². The lowest BCUT2D eigenvalue weighted by molar-refractivity contribution is 1.61. The molecule has 0 aliphatic carbocycles. The van der Waals surface area contributed by atoms with Crippen LogP contribution in [0.2, 0.25) is 0 Å². The van der Waals surface area contributed by atoms with Crippen molar-refractivity contribution < 1.29 is 0 Å². The van der Waals surface area contributed by atoms with Gasteiger partial charge in [-0.25, -0.2) is 0 Å². The molecule has 0 amide bonds. The van der Waals surface area contributed by atoms with Gasteiger partial charge in [-0.1, -0.05) is 97.1 Å². The zero-order valence-corrected chi connectivity index (χ0v) is 15.4. The van der Waals surface area contributed by atoms with E-state index < -0.39 is 0 Å². The van der Waals surface area contributed by atoms with E-state index in [4.69, 9.17) is 4.99 Å². The first kappa shape index (κ1) is 16.5. The van der Waals surface area contributed by atoms with Crippen LogP contribution in [-0.2, 0) is 0 Å². The van der Waals surface area contributed by atoms with Crippen LogP contribution in [-0.4, -0.2) is 6.21 Å². The SMILES string of the molecule is C(/C=C/c1ccccc1)=Nc1cc2c3ccccc3ccc2c2ccccc12. The van der Waals surface area contributed by atoms with Gasteiger partial charge in [0.15, 0.2) is 0 Å². The molecule has 1 nitrogen and oxygen atoms in total. The Kier molecular flexibility index (Phi) is 4.19. The molecule has 132 valence electrons. The summed E-state index contributed by atoms with van der Waals surface area (Å²) in [7, 11) is 0. The zero-order valence-electron chi connectivity index (χ0n) is 15.4. The maximum absolute atomic E-state index is 4.79. The average Bonchev–Trinajstić information content (AvgIpc) is 2.77. The van der Waals surface area contributed by atoms with E-state index in [2.05, 4.69) is 84.9 Å². The monoisotopic (exact) mass is 357 g/mol. The molecule has 1 heteroatoms. The van der Waals surface area contributed by atoms with Gasteiger partial charge in [0.25, 0.3) is 0 Å². The molecule has 5 aromatic rings. The van der Waals surface area contributed by atoms with Crippen LogP contribution in [0.5, 0.6) is 0 Å². The highest BCUT2D eigenvalue weighted by Gasteiger charge is 2.08. The standard InChI is InChI=1S/C27H19N/c1-2-9-20(10-3-1)11-8-18-28-27-19-26-22-13-5-4-12-21(22)16-17-24(26)23-14-6-7-15-25(23)27/h1-19H/b11-8+,28-18?. The van der Waals surface area contributed by atoms with E-state index in [0.29, 0.717) is 0 Å². The summed E-state index contributed by atoms with van der Waals surface area (Å²) in [5.41, 5.74) is 2.17. The van der Waals surface area contributed by atoms with E-state index >= 15 is 0 Å². The van der Waals surface area contributed by atoms with Crippen LogP contribution >= 0.6 is 0 Å². The number of hydrogen-bond donors (Lipinski definition) is 0. The predicted molar refractivity (Wildman–Crippen MR) is 123 cm³/mol. The summed E-state index contributed by atoms with van der Waals surface area (Å²) in [5, 5.41) is 7.45. The van der Waals surface area contributed by atoms with Gasteiger partial charge < -0.3 is 0 Å². The number of benzene rings is 5. The molecule has 28 heavy (non-hydrogen) atoms. The summed E-state index contributed by atoms with van der Waals surface area (Å²) in [6.45, 7) is 0. The van der Waals surface area contributed by atoms with Gasteiger partial charge in [0.05, 0.1) is 5.69 Å². The Balaban J connectivity index is 1.67. The second kappa shape index (κ2) is 7.13. The van der Waals surface area contributed by atoms with Crippen molar-refractivity contribution in [3.05, 3.63) is 109 Å². The van der Waals surface area contributed by atoms with Crippen LogP contribution in [0.3, 0.4) is 0 Å². The Labute approximate surface area is 164 Å². The summed E-state index contributed by atoms with van der Waals surface area (Å²) in [6, 6.07) is 34.0. The first-order valence-corrected chi connectivity index (χ1v) is 9.49. The van der Waals surface area contributed by atoms with Gasteiger partial charge >= 0.3 is 0 Å². The van der Waals surface area contributed by atoms with Crippen LogP contribution in [0.15, 0.2) is 108 Å². The highest BCUT2D eigenvalue weighted by atomic mass is 14.7. The summed E-state index contributed by atoms with van der Waals surface area (Å²) < 4.78 is 0. The molecule has 0 spiro atoms. The van der Waals surface area contributed by atoms with Gasteiger partial charge in [-0.15, -0.1) is 0 Å². The smallest absolute Gasteiger partial charge is 0.0714 e. The minimum Gasteiger partial charge on any atom is -0.256 e. The molecular formula is C27H19N. The molecule has 0 unspecified atom stereocenters. The van der Waals surface area contributed by atoms with Gasteiger partial charge in [-0.05, 0) is 44.6 Å². The number of aliphatic imine (C=N–C) groups is 1. The Bertz CT molecular complexity index is 1340. The van der Waals surface area contributed by atoms with Crippen molar-refractivity contribution in [1.29, 1.82) is 0 Å². The van der Waals surface area contributed by atoms with E-state index in [9.17, 15) is 0 Å². The minimum absolute atomic E-state index is 0.997. The molecule has 5 aromatic carbocycles. The molecule has 0 heterocycles. The molecule has 0 aliphatic rings. The van der Waals surface area contributed by atoms with Gasteiger partial charge in [-0.3, -0.25) is 4.99 Å². The number of fused-ring (bicyclic) bond motifs is 5. The lowest BCUT2D eigenvalue weighted by atomic mass is 9.96. The summed E-state index contributed by atoms with van der Waals surface area (Å²) in [6.07, 6.45) is 5.95. The number of hydrogen-bond acceptors (Lipinski definition) is 1. The Morgan fingerprint density at radius 2 is 1.21 bits per heavy atom. The molecule has 0 N–H and O–H groups in total. The first-order chi connectivity index (χ1) is 13.9. The number of allylic oxidation sites excluding steroid dienone is 1. The molecule has 0 radical (unpaired) electrons. The van der Waals surface area contributed by atoms with Crippen LogP contribution in [0.4, 0.5) is 5.69 Å². The maximum Gasteiger partial charge on any atom is 0.0714 e. The Hall–Kier alpha value is -3.71. The maximum atomic E-state index is 4.79. The van der Waals surface area contributed by atoms with Crippen LogP contribution in [0, 0.1) is 0 Å². The molecule has 0 fully saturated rings. The Morgan fingerprint density at radius 1 is 0.536 bits per heavy atom. The van der Waals surface area contributed by atoms with Crippen LogP contribution < -0.4 is 0 Å². The second-order valence-electron chi connectivity index (χ2n) is 6.87. The lowest BCUT2D eigenvalue weighted by Gasteiger charge is -2.10. The van der Waals surface area contributed by atoms with Gasteiger partial charge in [0, 0.05) is 11.6 Å². The predicted octanol–water partition coefficient (Wildman–Crippen LogP) is 7.56. The van der Waals surface area contributed by atoms with Crippen molar-refractivity contribution in [3.63, 3.8) is 0 Å². The largest absolute Gasteiger partial charge is 0.256 e. The zero-order chi connectivity index (χ0) is 18.8. The van der Waals surface area contributed by atoms with Crippen molar-refractivity contribution >= 4 is 50.3 Å². The lowest BCUT2D eigenvalue weighted by Crippen LogP contribution is -1.82. The van der Waals surface area contributed by atoms with Gasteiger partial charge in [0.2, 0.25) is 0 Å². The van der Waals surface area contributed by atoms with Crippen molar-refractivity contribution in [2.45, 2.75) is 0 Å². The summed E-state index contributed by atoms with van der Waals surface area (Å²) in [4.78, 5) is 4.79. The van der Waals surface area contributed by atoms with Crippen molar-refractivity contribution in [1.82, 2.24) is 0 Å². The number of rotatable bonds is 3. The Morgan fingerprint density at radius 3 is 2.07 bits per heavy atom. The van der Waals surface area contributed by atoms with Gasteiger partial charge in [0.1, 0.15) is 0 Å². The molecule has 0 aromatic heterocycles. The third-order valence-corrected chi connectivity index (χ3v) is 5.13. The normalized spacial score (nSPS) is 12.0. The minimum atomic E-state index is 0.997. The molecule has 5 rings (SSSR count). The highest BCUT2D eigenvalue weighted by molar-refractivity contribution is 6.20. The van der Waals surface area contributed by atoms with Crippen LogP contribution in [0.1, 0.15) is 5.56 Å². The fourth-order valence-corrected chi connectivity index (χ4v) is 3.79. The summed E-state index contributed by atoms with van der Waals surface area (Å²) in [5.74, 6) is 0. The van der Waals surface area contributed by atoms with Crippen molar-refractivity contribution in [2.75, 3.05) is 0 Å². The van der Waals surface area contributed by atoms with E-state index in [0.717, 1.165) is 5.69 Å². The average molecular weight is 357 g/mol. The third kappa shape index (κ3) is 2.97. The van der Waals surface area contributed by atoms with E-state index in [1.54, 1.807) is 0 Å². The molecule has 0 bridgehead atoms. The van der Waals surface area contributed by atoms with E-state index in [1.165, 1.54) is 37.9 Å². The molecule has 0 atom stereocenters. The molecule has 0 aliphatic heterocycles. The molecule has 0 saturated carbocycles. The van der Waals surface area contributed by atoms with Crippen molar-refractivity contribution in [3.8, 4) is 0 Å². The topological polar surface area (TPSA) is 12.4 Å². The van der Waals surface area contributed by atoms with Crippen LogP contribution in [0.25, 0.3) is 38.4 Å². The third-order valence-electron chi connectivity index (χ3n) is 5.13. The summed E-state index contributed by atoms with van der Waals surface area (Å²) >= 11 is 0. The van der Waals surface area contributed by atoms with Crippen molar-refractivity contribution in [2.24, 2.45) is 4.99 Å². The second-order valence-corrected chi connectivity index (χ2v) is 6.87. The fourth-order valence-electron chi connectivity index (χ4n) is 3.79. The molecular weight excluding hydrogens is 338 g/mol. The highest BCUT2D eigenvalue weighted by Crippen LogP contribution is 2.36.